The fraction of sp³-hybridized carbons (Fsp3) is 0.417. The molecule has 3 aromatic rings. The van der Waals surface area contributed by atoms with Gasteiger partial charge in [0, 0.05) is 30.7 Å². The van der Waals surface area contributed by atoms with E-state index in [1.165, 1.54) is 4.31 Å². The Kier molecular flexibility index (Phi) is 6.92. The zero-order chi connectivity index (χ0) is 24.5. The molecule has 1 saturated heterocycles. The molecule has 1 aliphatic heterocycles. The molecular weight excluding hydrogens is 456 g/mol. The second kappa shape index (κ2) is 9.73. The molecule has 0 bridgehead atoms. The van der Waals surface area contributed by atoms with Crippen LogP contribution in [-0.2, 0) is 26.6 Å². The van der Waals surface area contributed by atoms with Crippen molar-refractivity contribution in [1.29, 1.82) is 0 Å². The second-order valence-electron chi connectivity index (χ2n) is 8.61. The number of hydrogen-bond acceptors (Lipinski definition) is 6. The average molecular weight is 487 g/mol. The highest BCUT2D eigenvalue weighted by Crippen LogP contribution is 2.32. The fourth-order valence-corrected chi connectivity index (χ4v) is 6.65. The van der Waals surface area contributed by atoms with Gasteiger partial charge in [-0.3, -0.25) is 9.48 Å². The lowest BCUT2D eigenvalue weighted by Crippen LogP contribution is -2.39. The number of aromatic nitrogens is 2. The first kappa shape index (κ1) is 24.2. The lowest BCUT2D eigenvalue weighted by molar-refractivity contribution is -0.120. The molecule has 1 fully saturated rings. The van der Waals surface area contributed by atoms with E-state index in [0.29, 0.717) is 40.4 Å². The van der Waals surface area contributed by atoms with Gasteiger partial charge in [0.05, 0.1) is 30.3 Å². The summed E-state index contributed by atoms with van der Waals surface area (Å²) in [4.78, 5) is 12.7. The van der Waals surface area contributed by atoms with Crippen molar-refractivity contribution in [2.75, 3.05) is 32.2 Å². The van der Waals surface area contributed by atoms with Gasteiger partial charge in [-0.25, -0.2) is 8.42 Å². The molecule has 34 heavy (non-hydrogen) atoms. The van der Waals surface area contributed by atoms with Crippen LogP contribution in [0.5, 0.6) is 5.75 Å². The summed E-state index contributed by atoms with van der Waals surface area (Å²) in [7, 11) is -0.304. The standard InChI is InChI=1S/C24H30N4O5S/c1-16-10-21(32-4)11-17(2)24(16)34(30,31)28-9-5-6-20(28)14-33-15-23(29)26-19-8-7-18-13-25-27(3)22(18)12-19/h7-8,10-13,20H,5-6,9,14-15H2,1-4H3,(H,26,29). The van der Waals surface area contributed by atoms with E-state index in [-0.39, 0.29) is 25.2 Å². The van der Waals surface area contributed by atoms with Crippen molar-refractivity contribution >= 4 is 32.5 Å². The van der Waals surface area contributed by atoms with Gasteiger partial charge < -0.3 is 14.8 Å². The summed E-state index contributed by atoms with van der Waals surface area (Å²) in [6.45, 7) is 3.97. The van der Waals surface area contributed by atoms with Gasteiger partial charge in [0.1, 0.15) is 12.4 Å². The molecule has 1 aromatic heterocycles. The van der Waals surface area contributed by atoms with Crippen molar-refractivity contribution in [1.82, 2.24) is 14.1 Å². The number of methoxy groups -OCH3 is 1. The number of fused-ring (bicyclic) bond motifs is 1. The molecular formula is C24H30N4O5S. The van der Waals surface area contributed by atoms with E-state index in [1.54, 1.807) is 44.0 Å². The number of anilines is 1. The van der Waals surface area contributed by atoms with Crippen LogP contribution in [-0.4, -0.2) is 61.3 Å². The van der Waals surface area contributed by atoms with E-state index in [4.69, 9.17) is 9.47 Å². The van der Waals surface area contributed by atoms with Crippen LogP contribution in [0.15, 0.2) is 41.4 Å². The Morgan fingerprint density at radius 3 is 2.65 bits per heavy atom. The number of nitrogens with zero attached hydrogens (tertiary/aromatic N) is 3. The molecule has 2 heterocycles. The maximum atomic E-state index is 13.5. The highest BCUT2D eigenvalue weighted by molar-refractivity contribution is 7.89. The number of aryl methyl sites for hydroxylation is 3. The van der Waals surface area contributed by atoms with Gasteiger partial charge in [0.25, 0.3) is 0 Å². The van der Waals surface area contributed by atoms with E-state index < -0.39 is 10.0 Å². The number of benzene rings is 2. The molecule has 0 radical (unpaired) electrons. The Bertz CT molecular complexity index is 1300. The lowest BCUT2D eigenvalue weighted by atomic mass is 10.1. The van der Waals surface area contributed by atoms with Gasteiger partial charge in [-0.15, -0.1) is 0 Å². The van der Waals surface area contributed by atoms with Crippen LogP contribution < -0.4 is 10.1 Å². The van der Waals surface area contributed by atoms with Gasteiger partial charge in [-0.05, 0) is 68.1 Å². The molecule has 4 rings (SSSR count). The number of sulfonamides is 1. The first-order chi connectivity index (χ1) is 16.2. The van der Waals surface area contributed by atoms with Crippen LogP contribution in [0.1, 0.15) is 24.0 Å². The van der Waals surface area contributed by atoms with Crippen molar-refractivity contribution in [3.05, 3.63) is 47.7 Å². The normalized spacial score (nSPS) is 16.8. The van der Waals surface area contributed by atoms with Crippen LogP contribution in [0, 0.1) is 13.8 Å². The van der Waals surface area contributed by atoms with Crippen molar-refractivity contribution in [2.24, 2.45) is 7.05 Å². The van der Waals surface area contributed by atoms with Crippen LogP contribution >= 0.6 is 0 Å². The predicted molar refractivity (Wildman–Crippen MR) is 130 cm³/mol. The van der Waals surface area contributed by atoms with Crippen molar-refractivity contribution in [3.63, 3.8) is 0 Å². The van der Waals surface area contributed by atoms with Crippen molar-refractivity contribution < 1.29 is 22.7 Å². The molecule has 9 nitrogen and oxygen atoms in total. The van der Waals surface area contributed by atoms with Gasteiger partial charge in [0.15, 0.2) is 0 Å². The number of carbonyl (C=O) groups is 1. The zero-order valence-electron chi connectivity index (χ0n) is 19.9. The highest BCUT2D eigenvalue weighted by atomic mass is 32.2. The quantitative estimate of drug-likeness (QED) is 0.525. The molecule has 0 aliphatic carbocycles. The maximum Gasteiger partial charge on any atom is 0.250 e. The number of carbonyl (C=O) groups excluding carboxylic acids is 1. The average Bonchev–Trinajstić information content (AvgIpc) is 3.40. The monoisotopic (exact) mass is 486 g/mol. The largest absolute Gasteiger partial charge is 0.497 e. The molecule has 1 N–H and O–H groups in total. The summed E-state index contributed by atoms with van der Waals surface area (Å²) < 4.78 is 41.1. The SMILES string of the molecule is COc1cc(C)c(S(=O)(=O)N2CCCC2COCC(=O)Nc2ccc3cnn(C)c3c2)c(C)c1. The van der Waals surface area contributed by atoms with Gasteiger partial charge in [0.2, 0.25) is 15.9 Å². The molecule has 182 valence electrons. The number of hydrogen-bond donors (Lipinski definition) is 1. The summed E-state index contributed by atoms with van der Waals surface area (Å²) in [6.07, 6.45) is 3.20. The van der Waals surface area contributed by atoms with E-state index in [9.17, 15) is 13.2 Å². The number of rotatable bonds is 8. The van der Waals surface area contributed by atoms with Gasteiger partial charge >= 0.3 is 0 Å². The molecule has 1 aliphatic rings. The Morgan fingerprint density at radius 2 is 1.94 bits per heavy atom. The maximum absolute atomic E-state index is 13.5. The van der Waals surface area contributed by atoms with E-state index in [0.717, 1.165) is 17.3 Å². The Hall–Kier alpha value is -2.95. The van der Waals surface area contributed by atoms with E-state index >= 15 is 0 Å². The third kappa shape index (κ3) is 4.79. The topological polar surface area (TPSA) is 103 Å². The van der Waals surface area contributed by atoms with Crippen molar-refractivity contribution in [3.8, 4) is 5.75 Å². The highest BCUT2D eigenvalue weighted by Gasteiger charge is 2.37. The smallest absolute Gasteiger partial charge is 0.250 e. The molecule has 2 aromatic carbocycles. The van der Waals surface area contributed by atoms with Crippen LogP contribution in [0.2, 0.25) is 0 Å². The molecule has 1 amide bonds. The van der Waals surface area contributed by atoms with Gasteiger partial charge in [-0.1, -0.05) is 0 Å². The second-order valence-corrected chi connectivity index (χ2v) is 10.4. The summed E-state index contributed by atoms with van der Waals surface area (Å²) in [5.41, 5.74) is 2.86. The minimum Gasteiger partial charge on any atom is -0.497 e. The summed E-state index contributed by atoms with van der Waals surface area (Å²) in [5.74, 6) is 0.333. The first-order valence-corrected chi connectivity index (χ1v) is 12.6. The predicted octanol–water partition coefficient (Wildman–Crippen LogP) is 3.01. The number of ether oxygens (including phenoxy) is 2. The minimum atomic E-state index is -3.70. The molecule has 1 atom stereocenters. The van der Waals surface area contributed by atoms with Crippen LogP contribution in [0.4, 0.5) is 5.69 Å². The van der Waals surface area contributed by atoms with Gasteiger partial charge in [-0.2, -0.15) is 9.40 Å². The summed E-state index contributed by atoms with van der Waals surface area (Å²) in [6, 6.07) is 8.70. The van der Waals surface area contributed by atoms with Crippen LogP contribution in [0.25, 0.3) is 10.9 Å². The molecule has 0 saturated carbocycles. The minimum absolute atomic E-state index is 0.154. The molecule has 1 unspecified atom stereocenters. The fourth-order valence-electron chi connectivity index (χ4n) is 4.55. The van der Waals surface area contributed by atoms with Crippen molar-refractivity contribution in [2.45, 2.75) is 37.6 Å². The summed E-state index contributed by atoms with van der Waals surface area (Å²) >= 11 is 0. The van der Waals surface area contributed by atoms with E-state index in [1.807, 2.05) is 25.2 Å². The number of amides is 1. The molecule has 10 heteroatoms. The van der Waals surface area contributed by atoms with E-state index in [2.05, 4.69) is 10.4 Å². The third-order valence-corrected chi connectivity index (χ3v) is 8.39. The third-order valence-electron chi connectivity index (χ3n) is 6.14. The Balaban J connectivity index is 1.38. The Labute approximate surface area is 199 Å². The zero-order valence-corrected chi connectivity index (χ0v) is 20.7. The van der Waals surface area contributed by atoms with Crippen LogP contribution in [0.3, 0.4) is 0 Å². The first-order valence-electron chi connectivity index (χ1n) is 11.2. The number of nitrogens with one attached hydrogen (secondary N) is 1. The summed E-state index contributed by atoms with van der Waals surface area (Å²) in [5, 5.41) is 8.01. The Morgan fingerprint density at radius 1 is 1.21 bits per heavy atom. The molecule has 0 spiro atoms. The lowest BCUT2D eigenvalue weighted by Gasteiger charge is -2.26.